The van der Waals surface area contributed by atoms with Gasteiger partial charge in [0, 0.05) is 32.6 Å². The molecule has 0 radical (unpaired) electrons. The van der Waals surface area contributed by atoms with E-state index in [4.69, 9.17) is 0 Å². The SMILES string of the molecule is c1ccc(-c2ccc(-n3c4ccccc4c4c(-c5cccc6c5c5ccccc5n6-c5cccc6ccccc56)cccc43)cc2)cc1. The quantitative estimate of drug-likeness (QED) is 0.188. The maximum absolute atomic E-state index is 2.45. The fourth-order valence-electron chi connectivity index (χ4n) is 7.86. The molecule has 10 rings (SSSR count). The number of nitrogens with zero attached hydrogens (tertiary/aromatic N) is 2. The summed E-state index contributed by atoms with van der Waals surface area (Å²) in [7, 11) is 0. The maximum atomic E-state index is 2.45. The lowest BCUT2D eigenvalue weighted by molar-refractivity contribution is 1.18. The molecule has 0 saturated carbocycles. The van der Waals surface area contributed by atoms with Gasteiger partial charge in [0.25, 0.3) is 0 Å². The first-order valence-electron chi connectivity index (χ1n) is 16.5. The zero-order valence-corrected chi connectivity index (χ0v) is 26.2. The van der Waals surface area contributed by atoms with Crippen molar-refractivity contribution in [3.05, 3.63) is 182 Å². The molecule has 2 heterocycles. The summed E-state index contributed by atoms with van der Waals surface area (Å²) in [5.74, 6) is 0. The van der Waals surface area contributed by atoms with E-state index in [1.807, 2.05) is 0 Å². The van der Waals surface area contributed by atoms with E-state index in [-0.39, 0.29) is 0 Å². The van der Waals surface area contributed by atoms with E-state index in [1.165, 1.54) is 82.3 Å². The molecule has 10 aromatic rings. The Bertz CT molecular complexity index is 2810. The van der Waals surface area contributed by atoms with E-state index in [0.717, 1.165) is 5.69 Å². The van der Waals surface area contributed by atoms with Gasteiger partial charge in [-0.15, -0.1) is 0 Å². The molecule has 0 aliphatic rings. The van der Waals surface area contributed by atoms with Gasteiger partial charge >= 0.3 is 0 Å². The van der Waals surface area contributed by atoms with E-state index < -0.39 is 0 Å². The van der Waals surface area contributed by atoms with Crippen molar-refractivity contribution >= 4 is 54.4 Å². The summed E-state index contributed by atoms with van der Waals surface area (Å²) in [5.41, 5.74) is 12.1. The lowest BCUT2D eigenvalue weighted by Crippen LogP contribution is -1.95. The van der Waals surface area contributed by atoms with Crippen LogP contribution in [-0.2, 0) is 0 Å². The van der Waals surface area contributed by atoms with Crippen molar-refractivity contribution in [2.75, 3.05) is 0 Å². The molecule has 2 nitrogen and oxygen atoms in total. The topological polar surface area (TPSA) is 9.86 Å². The van der Waals surface area contributed by atoms with Crippen molar-refractivity contribution in [3.63, 3.8) is 0 Å². The molecule has 0 aliphatic carbocycles. The monoisotopic (exact) mass is 610 g/mol. The second kappa shape index (κ2) is 10.6. The highest BCUT2D eigenvalue weighted by Crippen LogP contribution is 2.44. The van der Waals surface area contributed by atoms with E-state index in [1.54, 1.807) is 0 Å². The van der Waals surface area contributed by atoms with Gasteiger partial charge in [-0.3, -0.25) is 0 Å². The van der Waals surface area contributed by atoms with Crippen LogP contribution in [0.4, 0.5) is 0 Å². The minimum absolute atomic E-state index is 1.16. The zero-order valence-electron chi connectivity index (χ0n) is 26.2. The van der Waals surface area contributed by atoms with E-state index in [2.05, 4.69) is 191 Å². The first-order valence-corrected chi connectivity index (χ1v) is 16.5. The highest BCUT2D eigenvalue weighted by Gasteiger charge is 2.21. The van der Waals surface area contributed by atoms with Gasteiger partial charge in [0.1, 0.15) is 0 Å². The standard InChI is InChI=1S/C46H30N2/c1-2-13-31(14-3-1)32-27-29-34(30-28-32)47-41-22-8-6-18-38(41)45-36(20-11-25-43(45)47)37-21-12-26-44-46(37)39-19-7-9-23-42(39)48(44)40-24-10-16-33-15-4-5-17-35(33)40/h1-30H. The van der Waals surface area contributed by atoms with Crippen molar-refractivity contribution in [2.24, 2.45) is 0 Å². The van der Waals surface area contributed by atoms with Gasteiger partial charge in [-0.25, -0.2) is 0 Å². The molecule has 0 atom stereocenters. The number of hydrogen-bond donors (Lipinski definition) is 0. The summed E-state index contributed by atoms with van der Waals surface area (Å²) in [6.45, 7) is 0. The van der Waals surface area contributed by atoms with Crippen LogP contribution in [0.3, 0.4) is 0 Å². The second-order valence-corrected chi connectivity index (χ2v) is 12.5. The molecule has 2 aromatic heterocycles. The van der Waals surface area contributed by atoms with Crippen molar-refractivity contribution in [1.29, 1.82) is 0 Å². The molecular formula is C46H30N2. The molecule has 0 spiro atoms. The summed E-state index contributed by atoms with van der Waals surface area (Å²) < 4.78 is 4.87. The van der Waals surface area contributed by atoms with Crippen molar-refractivity contribution in [3.8, 4) is 33.6 Å². The normalized spacial score (nSPS) is 11.8. The lowest BCUT2D eigenvalue weighted by atomic mass is 9.95. The number of hydrogen-bond acceptors (Lipinski definition) is 0. The average molecular weight is 611 g/mol. The third kappa shape index (κ3) is 3.93. The Morgan fingerprint density at radius 1 is 0.292 bits per heavy atom. The number of benzene rings is 8. The number of rotatable bonds is 4. The van der Waals surface area contributed by atoms with Gasteiger partial charge in [0.2, 0.25) is 0 Å². The minimum Gasteiger partial charge on any atom is -0.309 e. The maximum Gasteiger partial charge on any atom is 0.0547 e. The molecule has 0 unspecified atom stereocenters. The first kappa shape index (κ1) is 26.8. The van der Waals surface area contributed by atoms with Crippen LogP contribution in [0.1, 0.15) is 0 Å². The minimum atomic E-state index is 1.16. The van der Waals surface area contributed by atoms with Gasteiger partial charge in [-0.2, -0.15) is 0 Å². The highest BCUT2D eigenvalue weighted by atomic mass is 15.0. The third-order valence-electron chi connectivity index (χ3n) is 9.93. The van der Waals surface area contributed by atoms with Crippen molar-refractivity contribution in [1.82, 2.24) is 9.13 Å². The van der Waals surface area contributed by atoms with Crippen LogP contribution in [-0.4, -0.2) is 9.13 Å². The van der Waals surface area contributed by atoms with Crippen LogP contribution in [0, 0.1) is 0 Å². The van der Waals surface area contributed by atoms with Crippen molar-refractivity contribution in [2.45, 2.75) is 0 Å². The van der Waals surface area contributed by atoms with Gasteiger partial charge in [0.05, 0.1) is 27.8 Å². The third-order valence-corrected chi connectivity index (χ3v) is 9.93. The highest BCUT2D eigenvalue weighted by molar-refractivity contribution is 6.22. The molecule has 0 saturated heterocycles. The van der Waals surface area contributed by atoms with E-state index in [0.29, 0.717) is 0 Å². The molecule has 2 heteroatoms. The van der Waals surface area contributed by atoms with Gasteiger partial charge in [-0.05, 0) is 70.1 Å². The molecular weight excluding hydrogens is 581 g/mol. The number of aromatic nitrogens is 2. The van der Waals surface area contributed by atoms with Crippen LogP contribution in [0.15, 0.2) is 182 Å². The molecule has 48 heavy (non-hydrogen) atoms. The van der Waals surface area contributed by atoms with Gasteiger partial charge in [-0.1, -0.05) is 140 Å². The summed E-state index contributed by atoms with van der Waals surface area (Å²) in [6, 6.07) is 66.1. The van der Waals surface area contributed by atoms with E-state index in [9.17, 15) is 0 Å². The first-order chi connectivity index (χ1) is 23.8. The summed E-state index contributed by atoms with van der Waals surface area (Å²) in [4.78, 5) is 0. The van der Waals surface area contributed by atoms with Crippen LogP contribution >= 0.6 is 0 Å². The van der Waals surface area contributed by atoms with Crippen LogP contribution < -0.4 is 0 Å². The van der Waals surface area contributed by atoms with Crippen molar-refractivity contribution < 1.29 is 0 Å². The lowest BCUT2D eigenvalue weighted by Gasteiger charge is -2.12. The smallest absolute Gasteiger partial charge is 0.0547 e. The molecule has 0 amide bonds. The Morgan fingerprint density at radius 2 is 0.771 bits per heavy atom. The molecule has 0 bridgehead atoms. The largest absolute Gasteiger partial charge is 0.309 e. The Kier molecular flexibility index (Phi) is 5.91. The van der Waals surface area contributed by atoms with Gasteiger partial charge in [0.15, 0.2) is 0 Å². The molecule has 0 fully saturated rings. The second-order valence-electron chi connectivity index (χ2n) is 12.5. The zero-order chi connectivity index (χ0) is 31.6. The Hall–Kier alpha value is -6.38. The average Bonchev–Trinajstić information content (AvgIpc) is 3.68. The fraction of sp³-hybridized carbons (Fsp3) is 0. The summed E-state index contributed by atoms with van der Waals surface area (Å²) >= 11 is 0. The Balaban J connectivity index is 1.25. The number of para-hydroxylation sites is 2. The molecule has 8 aromatic carbocycles. The summed E-state index contributed by atoms with van der Waals surface area (Å²) in [6.07, 6.45) is 0. The van der Waals surface area contributed by atoms with Crippen LogP contribution in [0.2, 0.25) is 0 Å². The molecule has 224 valence electrons. The molecule has 0 aliphatic heterocycles. The van der Waals surface area contributed by atoms with E-state index >= 15 is 0 Å². The summed E-state index contributed by atoms with van der Waals surface area (Å²) in [5, 5.41) is 7.55. The van der Waals surface area contributed by atoms with Crippen LogP contribution in [0.5, 0.6) is 0 Å². The predicted molar refractivity (Wildman–Crippen MR) is 203 cm³/mol. The Morgan fingerprint density at radius 3 is 1.46 bits per heavy atom. The van der Waals surface area contributed by atoms with Crippen LogP contribution in [0.25, 0.3) is 88.0 Å². The number of fused-ring (bicyclic) bond motifs is 7. The van der Waals surface area contributed by atoms with Gasteiger partial charge < -0.3 is 9.13 Å². The molecule has 0 N–H and O–H groups in total. The Labute approximate surface area is 278 Å². The predicted octanol–water partition coefficient (Wildman–Crippen LogP) is 12.4. The fourth-order valence-corrected chi connectivity index (χ4v) is 7.86.